The van der Waals surface area contributed by atoms with Gasteiger partial charge in [0.15, 0.2) is 6.61 Å². The largest absolute Gasteiger partial charge is 0.494 e. The van der Waals surface area contributed by atoms with Crippen molar-refractivity contribution < 1.29 is 19.1 Å². The maximum Gasteiger partial charge on any atom is 0.266 e. The Morgan fingerprint density at radius 2 is 1.77 bits per heavy atom. The first-order valence-electron chi connectivity index (χ1n) is 10.8. The minimum Gasteiger partial charge on any atom is -0.494 e. The molecule has 3 aromatic carbocycles. The lowest BCUT2D eigenvalue weighted by molar-refractivity contribution is -0.118. The summed E-state index contributed by atoms with van der Waals surface area (Å²) in [6.07, 6.45) is 1.42. The number of para-hydroxylation sites is 1. The van der Waals surface area contributed by atoms with Crippen molar-refractivity contribution in [2.24, 2.45) is 0 Å². The van der Waals surface area contributed by atoms with Crippen LogP contribution in [0.5, 0.6) is 11.5 Å². The van der Waals surface area contributed by atoms with E-state index >= 15 is 0 Å². The van der Waals surface area contributed by atoms with Crippen LogP contribution in [0.25, 0.3) is 6.08 Å². The van der Waals surface area contributed by atoms with Gasteiger partial charge in [0, 0.05) is 11.4 Å². The second-order valence-corrected chi connectivity index (χ2v) is 7.83. The lowest BCUT2D eigenvalue weighted by atomic mass is 10.1. The van der Waals surface area contributed by atoms with E-state index < -0.39 is 5.91 Å². The highest BCUT2D eigenvalue weighted by molar-refractivity contribution is 6.32. The molecular weight excluding hydrogens is 466 g/mol. The average Bonchev–Trinajstić information content (AvgIpc) is 2.84. The van der Waals surface area contributed by atoms with Gasteiger partial charge in [0.25, 0.3) is 11.8 Å². The molecule has 3 rings (SSSR count). The predicted molar refractivity (Wildman–Crippen MR) is 137 cm³/mol. The minimum absolute atomic E-state index is 0.0961. The van der Waals surface area contributed by atoms with Crippen molar-refractivity contribution in [3.63, 3.8) is 0 Å². The van der Waals surface area contributed by atoms with Crippen molar-refractivity contribution in [2.45, 2.75) is 13.8 Å². The van der Waals surface area contributed by atoms with E-state index in [1.807, 2.05) is 38.1 Å². The molecule has 0 spiro atoms. The summed E-state index contributed by atoms with van der Waals surface area (Å²) in [4.78, 5) is 24.7. The Morgan fingerprint density at radius 1 is 1.03 bits per heavy atom. The molecule has 3 aromatic rings. The quantitative estimate of drug-likeness (QED) is 0.300. The first-order chi connectivity index (χ1) is 16.9. The van der Waals surface area contributed by atoms with Crippen LogP contribution < -0.4 is 20.1 Å². The Balaban J connectivity index is 1.62. The number of carbonyl (C=O) groups is 2. The van der Waals surface area contributed by atoms with Gasteiger partial charge >= 0.3 is 0 Å². The number of halogens is 1. The highest BCUT2D eigenvalue weighted by Gasteiger charge is 2.12. The Kier molecular flexibility index (Phi) is 8.88. The van der Waals surface area contributed by atoms with E-state index in [0.717, 1.165) is 5.56 Å². The van der Waals surface area contributed by atoms with Gasteiger partial charge in [0.05, 0.1) is 11.6 Å². The molecule has 178 valence electrons. The van der Waals surface area contributed by atoms with Crippen molar-refractivity contribution in [2.75, 3.05) is 23.8 Å². The Labute approximate surface area is 208 Å². The lowest BCUT2D eigenvalue weighted by Gasteiger charge is -2.11. The number of carbonyl (C=O) groups excluding carboxylic acids is 2. The standard InChI is InChI=1S/C27H24ClN3O4/c1-3-34-22-11-9-21(10-12-22)30-27(33)20(16-29)14-19-8-13-25(23(28)15-19)35-17-26(32)31-24-7-5-4-6-18(24)2/h4-15H,3,17H2,1-2H3,(H,30,33)(H,31,32)/b20-14+. The second-order valence-electron chi connectivity index (χ2n) is 7.42. The zero-order chi connectivity index (χ0) is 25.2. The van der Waals surface area contributed by atoms with Crippen LogP contribution in [0.1, 0.15) is 18.1 Å². The van der Waals surface area contributed by atoms with Crippen LogP contribution in [0.4, 0.5) is 11.4 Å². The number of aryl methyl sites for hydroxylation is 1. The molecule has 0 radical (unpaired) electrons. The lowest BCUT2D eigenvalue weighted by Crippen LogP contribution is -2.20. The number of nitriles is 1. The summed E-state index contributed by atoms with van der Waals surface area (Å²) < 4.78 is 10.9. The van der Waals surface area contributed by atoms with Gasteiger partial charge < -0.3 is 20.1 Å². The number of anilines is 2. The highest BCUT2D eigenvalue weighted by Crippen LogP contribution is 2.27. The zero-order valence-electron chi connectivity index (χ0n) is 19.3. The van der Waals surface area contributed by atoms with Crippen molar-refractivity contribution in [1.29, 1.82) is 5.26 Å². The first-order valence-corrected chi connectivity index (χ1v) is 11.2. The summed E-state index contributed by atoms with van der Waals surface area (Å²) in [6.45, 7) is 4.10. The van der Waals surface area contributed by atoms with E-state index in [0.29, 0.717) is 35.0 Å². The van der Waals surface area contributed by atoms with Gasteiger partial charge in [-0.3, -0.25) is 9.59 Å². The highest BCUT2D eigenvalue weighted by atomic mass is 35.5. The van der Waals surface area contributed by atoms with E-state index in [4.69, 9.17) is 21.1 Å². The number of amides is 2. The fourth-order valence-electron chi connectivity index (χ4n) is 3.08. The molecule has 0 aliphatic carbocycles. The Hall–Kier alpha value is -4.28. The van der Waals surface area contributed by atoms with Crippen molar-refractivity contribution in [3.8, 4) is 17.6 Å². The monoisotopic (exact) mass is 489 g/mol. The number of nitrogens with zero attached hydrogens (tertiary/aromatic N) is 1. The third-order valence-corrected chi connectivity index (χ3v) is 5.13. The van der Waals surface area contributed by atoms with Crippen LogP contribution in [-0.2, 0) is 9.59 Å². The second kappa shape index (κ2) is 12.3. The number of nitrogens with one attached hydrogen (secondary N) is 2. The molecule has 0 saturated carbocycles. The molecule has 0 fully saturated rings. The molecule has 0 aromatic heterocycles. The normalized spacial score (nSPS) is 10.7. The van der Waals surface area contributed by atoms with E-state index in [9.17, 15) is 14.9 Å². The van der Waals surface area contributed by atoms with E-state index in [1.54, 1.807) is 48.5 Å². The Morgan fingerprint density at radius 3 is 2.43 bits per heavy atom. The molecule has 0 aliphatic rings. The molecule has 35 heavy (non-hydrogen) atoms. The van der Waals surface area contributed by atoms with Crippen LogP contribution in [0, 0.1) is 18.3 Å². The fraction of sp³-hybridized carbons (Fsp3) is 0.148. The topological polar surface area (TPSA) is 100 Å². The zero-order valence-corrected chi connectivity index (χ0v) is 20.1. The first kappa shape index (κ1) is 25.3. The molecule has 0 unspecified atom stereocenters. The third-order valence-electron chi connectivity index (χ3n) is 4.83. The average molecular weight is 490 g/mol. The fourth-order valence-corrected chi connectivity index (χ4v) is 3.33. The molecule has 8 heteroatoms. The van der Waals surface area contributed by atoms with Gasteiger partial charge in [-0.1, -0.05) is 35.9 Å². The molecular formula is C27H24ClN3O4. The summed E-state index contributed by atoms with van der Waals surface area (Å²) in [6, 6.07) is 20.9. The summed E-state index contributed by atoms with van der Waals surface area (Å²) in [7, 11) is 0. The van der Waals surface area contributed by atoms with Crippen molar-refractivity contribution >= 4 is 40.9 Å². The molecule has 0 atom stereocenters. The summed E-state index contributed by atoms with van der Waals surface area (Å²) in [5, 5.41) is 15.2. The van der Waals surface area contributed by atoms with E-state index in [1.165, 1.54) is 6.08 Å². The van der Waals surface area contributed by atoms with Gasteiger partial charge in [0.1, 0.15) is 23.1 Å². The third kappa shape index (κ3) is 7.36. The number of benzene rings is 3. The molecule has 0 saturated heterocycles. The number of hydrogen-bond donors (Lipinski definition) is 2. The summed E-state index contributed by atoms with van der Waals surface area (Å²) in [5.41, 5.74) is 2.62. The SMILES string of the molecule is CCOc1ccc(NC(=O)/C(C#N)=C/c2ccc(OCC(=O)Nc3ccccc3C)c(Cl)c2)cc1. The van der Waals surface area contributed by atoms with E-state index in [2.05, 4.69) is 10.6 Å². The van der Waals surface area contributed by atoms with Crippen LogP contribution in [0.3, 0.4) is 0 Å². The van der Waals surface area contributed by atoms with Crippen LogP contribution in [0.15, 0.2) is 72.3 Å². The number of hydrogen-bond acceptors (Lipinski definition) is 5. The molecule has 0 bridgehead atoms. The van der Waals surface area contributed by atoms with Crippen LogP contribution in [0.2, 0.25) is 5.02 Å². The summed E-state index contributed by atoms with van der Waals surface area (Å²) >= 11 is 6.29. The van der Waals surface area contributed by atoms with Gasteiger partial charge in [0.2, 0.25) is 0 Å². The predicted octanol–water partition coefficient (Wildman–Crippen LogP) is 5.61. The molecule has 0 aliphatic heterocycles. The molecule has 7 nitrogen and oxygen atoms in total. The summed E-state index contributed by atoms with van der Waals surface area (Å²) in [5.74, 6) is 0.116. The molecule has 2 amide bonds. The van der Waals surface area contributed by atoms with Crippen LogP contribution in [-0.4, -0.2) is 25.0 Å². The van der Waals surface area contributed by atoms with Gasteiger partial charge in [-0.05, 0) is 73.5 Å². The van der Waals surface area contributed by atoms with Gasteiger partial charge in [-0.2, -0.15) is 5.26 Å². The van der Waals surface area contributed by atoms with E-state index in [-0.39, 0.29) is 23.1 Å². The van der Waals surface area contributed by atoms with Gasteiger partial charge in [-0.25, -0.2) is 0 Å². The molecule has 2 N–H and O–H groups in total. The number of rotatable bonds is 9. The smallest absolute Gasteiger partial charge is 0.266 e. The number of ether oxygens (including phenoxy) is 2. The minimum atomic E-state index is -0.555. The Bertz CT molecular complexity index is 1280. The van der Waals surface area contributed by atoms with Crippen molar-refractivity contribution in [3.05, 3.63) is 88.5 Å². The maximum atomic E-state index is 12.5. The van der Waals surface area contributed by atoms with Gasteiger partial charge in [-0.15, -0.1) is 0 Å². The maximum absolute atomic E-state index is 12.5. The van der Waals surface area contributed by atoms with Crippen molar-refractivity contribution in [1.82, 2.24) is 0 Å². The van der Waals surface area contributed by atoms with Crippen LogP contribution >= 0.6 is 11.6 Å². The molecule has 0 heterocycles.